The normalized spacial score (nSPS) is 10.5. The van der Waals surface area contributed by atoms with Gasteiger partial charge in [0.25, 0.3) is 0 Å². The van der Waals surface area contributed by atoms with Crippen LogP contribution in [-0.4, -0.2) is 63.4 Å². The zero-order chi connectivity index (χ0) is 42.7. The second kappa shape index (κ2) is 21.2. The molecule has 7 aromatic rings. The first-order valence-electron chi connectivity index (χ1n) is 17.1. The van der Waals surface area contributed by atoms with E-state index in [1.54, 1.807) is 23.6 Å². The molecular weight excluding hydrogens is 929 g/mol. The van der Waals surface area contributed by atoms with Crippen LogP contribution in [0.5, 0.6) is 0 Å². The molecule has 0 unspecified atom stereocenters. The second-order valence-corrected chi connectivity index (χ2v) is 14.5. The molecule has 0 spiro atoms. The SMILES string of the molecule is CCCCc1ccc(-c2ccc(-c3ccc(-c4cc(C(F)(F)F)n[n-]4)nc3)s2)s1.O=C(O)c1ccnc(-c2cc(C(=O)O)cc(-c3cc(C(=O)O)ccn3)n2)c1.[N-]=C=S.[Ru+2]. The van der Waals surface area contributed by atoms with Gasteiger partial charge in [-0.1, -0.05) is 31.3 Å². The molecule has 0 fully saturated rings. The molecule has 0 atom stereocenters. The summed E-state index contributed by atoms with van der Waals surface area (Å²) in [5, 5.41) is 42.8. The van der Waals surface area contributed by atoms with E-state index in [9.17, 15) is 32.7 Å². The molecule has 0 aromatic carbocycles. The van der Waals surface area contributed by atoms with Gasteiger partial charge in [-0.3, -0.25) is 15.0 Å². The predicted molar refractivity (Wildman–Crippen MR) is 219 cm³/mol. The van der Waals surface area contributed by atoms with E-state index in [1.807, 2.05) is 23.5 Å². The number of isothiocyanates is 1. The van der Waals surface area contributed by atoms with E-state index in [2.05, 4.69) is 67.5 Å². The largest absolute Gasteiger partial charge is 2.00 e. The van der Waals surface area contributed by atoms with Crippen LogP contribution in [0.2, 0.25) is 0 Å². The minimum Gasteiger partial charge on any atom is -0.753 e. The fourth-order valence-corrected chi connectivity index (χ4v) is 7.33. The number of carbonyl (C=O) groups is 3. The molecule has 0 saturated heterocycles. The number of nitrogens with zero attached hydrogens (tertiary/aromatic N) is 7. The van der Waals surface area contributed by atoms with Crippen molar-refractivity contribution in [2.24, 2.45) is 0 Å². The summed E-state index contributed by atoms with van der Waals surface area (Å²) < 4.78 is 38.1. The van der Waals surface area contributed by atoms with Gasteiger partial charge in [-0.25, -0.2) is 19.4 Å². The maximum atomic E-state index is 12.7. The van der Waals surface area contributed by atoms with Crippen LogP contribution in [-0.2, 0) is 32.1 Å². The Bertz CT molecular complexity index is 2570. The average Bonchev–Trinajstić information content (AvgIpc) is 4.03. The number of aromatic nitrogens is 6. The number of carboxylic acid groups (broad SMARTS) is 3. The maximum Gasteiger partial charge on any atom is 2.00 e. The van der Waals surface area contributed by atoms with Gasteiger partial charge < -0.3 is 30.9 Å². The molecule has 7 aromatic heterocycles. The van der Waals surface area contributed by atoms with Crippen LogP contribution in [0, 0.1) is 0 Å². The monoisotopic (exact) mass is 957 g/mol. The molecule has 7 heterocycles. The number of thiophene rings is 2. The molecule has 3 N–H and O–H groups in total. The van der Waals surface area contributed by atoms with E-state index in [4.69, 9.17) is 15.6 Å². The number of thiocarbonyl (C=S) groups is 1. The number of carboxylic acids is 3. The summed E-state index contributed by atoms with van der Waals surface area (Å²) in [4.78, 5) is 55.3. The average molecular weight is 957 g/mol. The Morgan fingerprint density at radius 1 is 0.733 bits per heavy atom. The van der Waals surface area contributed by atoms with Gasteiger partial charge in [-0.15, -0.1) is 22.7 Å². The van der Waals surface area contributed by atoms with Crippen LogP contribution < -0.4 is 5.10 Å². The molecule has 0 saturated carbocycles. The van der Waals surface area contributed by atoms with Crippen molar-refractivity contribution >= 4 is 58.0 Å². The van der Waals surface area contributed by atoms with Crippen LogP contribution in [0.4, 0.5) is 13.2 Å². The van der Waals surface area contributed by atoms with Crippen molar-refractivity contribution in [1.29, 1.82) is 0 Å². The zero-order valence-corrected chi connectivity index (χ0v) is 35.0. The van der Waals surface area contributed by atoms with E-state index in [-0.39, 0.29) is 64.6 Å². The van der Waals surface area contributed by atoms with Crippen molar-refractivity contribution in [3.8, 4) is 54.4 Å². The molecule has 60 heavy (non-hydrogen) atoms. The molecule has 0 aliphatic heterocycles. The van der Waals surface area contributed by atoms with Crippen molar-refractivity contribution < 1.29 is 62.4 Å². The van der Waals surface area contributed by atoms with Crippen molar-refractivity contribution in [1.82, 2.24) is 30.1 Å². The number of hydrogen-bond acceptors (Lipinski definition) is 11. The first-order chi connectivity index (χ1) is 28.2. The summed E-state index contributed by atoms with van der Waals surface area (Å²) in [6.45, 7) is 2.19. The zero-order valence-electron chi connectivity index (χ0n) is 30.8. The van der Waals surface area contributed by atoms with Crippen LogP contribution in [0.1, 0.15) is 61.4 Å². The number of rotatable bonds is 11. The molecule has 0 aliphatic rings. The number of hydrogen-bond donors (Lipinski definition) is 3. The van der Waals surface area contributed by atoms with Gasteiger partial charge in [0.2, 0.25) is 0 Å². The summed E-state index contributed by atoms with van der Waals surface area (Å²) in [6.07, 6.45) is 3.21. The van der Waals surface area contributed by atoms with Gasteiger partial charge in [0.15, 0.2) is 0 Å². The number of halogens is 3. The number of alkyl halides is 3. The summed E-state index contributed by atoms with van der Waals surface area (Å²) in [7, 11) is 0. The third-order valence-electron chi connectivity index (χ3n) is 8.04. The number of unbranched alkanes of at least 4 members (excludes halogenated alkanes) is 1. The van der Waals surface area contributed by atoms with Gasteiger partial charge >= 0.3 is 43.6 Å². The Kier molecular flexibility index (Phi) is 16.4. The number of pyridine rings is 4. The third-order valence-corrected chi connectivity index (χ3v) is 10.5. The van der Waals surface area contributed by atoms with Crippen LogP contribution >= 0.6 is 34.9 Å². The fourth-order valence-electron chi connectivity index (χ4n) is 5.19. The van der Waals surface area contributed by atoms with E-state index in [0.717, 1.165) is 22.9 Å². The summed E-state index contributed by atoms with van der Waals surface area (Å²) in [6, 6.07) is 20.6. The van der Waals surface area contributed by atoms with E-state index in [1.165, 1.54) is 81.4 Å². The van der Waals surface area contributed by atoms with Gasteiger partial charge in [0.1, 0.15) is 5.69 Å². The molecule has 7 rings (SSSR count). The first kappa shape index (κ1) is 46.5. The van der Waals surface area contributed by atoms with Gasteiger partial charge in [-0.05, 0) is 91.7 Å². The Labute approximate surface area is 365 Å². The molecule has 306 valence electrons. The minimum atomic E-state index is -4.50. The quantitative estimate of drug-likeness (QED) is 0.0626. The third kappa shape index (κ3) is 12.2. The minimum absolute atomic E-state index is 0. The van der Waals surface area contributed by atoms with Crippen LogP contribution in [0.3, 0.4) is 0 Å². The topological polar surface area (TPSA) is 213 Å². The Morgan fingerprint density at radius 2 is 1.27 bits per heavy atom. The second-order valence-electron chi connectivity index (χ2n) is 12.1. The van der Waals surface area contributed by atoms with Crippen molar-refractivity contribution in [2.75, 3.05) is 0 Å². The first-order valence-corrected chi connectivity index (χ1v) is 19.1. The van der Waals surface area contributed by atoms with Crippen molar-refractivity contribution in [2.45, 2.75) is 32.4 Å². The maximum absolute atomic E-state index is 12.7. The molecule has 0 amide bonds. The Hall–Kier alpha value is -6.17. The molecule has 0 radical (unpaired) electrons. The van der Waals surface area contributed by atoms with Gasteiger partial charge in [-0.2, -0.15) is 18.3 Å². The van der Waals surface area contributed by atoms with Gasteiger partial charge in [0, 0.05) is 49.4 Å². The van der Waals surface area contributed by atoms with Gasteiger partial charge in [0.05, 0.1) is 39.5 Å². The van der Waals surface area contributed by atoms with Crippen LogP contribution in [0.15, 0.2) is 97.5 Å². The predicted octanol–water partition coefficient (Wildman–Crippen LogP) is 9.88. The van der Waals surface area contributed by atoms with E-state index < -0.39 is 29.8 Å². The van der Waals surface area contributed by atoms with Crippen LogP contribution in [0.25, 0.3) is 59.8 Å². The Balaban J connectivity index is 0.000000245. The molecule has 13 nitrogen and oxygen atoms in total. The summed E-state index contributed by atoms with van der Waals surface area (Å²) >= 11 is 7.20. The number of aryl methyl sites for hydroxylation is 1. The standard InChI is InChI=1S/C21H17F3N3S2.C18H11N3O6.CNS.Ru/c1-2-3-4-14-6-8-18(28-14)19-10-9-17(29-19)13-5-7-15(25-12-13)16-11-20(27-26-16)21(22,23)24;22-16(23)9-1-3-19-12(5-9)14-7-11(18(26)27)8-15(21-14)13-6-10(17(24)25)2-4-20-13;2-1-3;/h5-12H,2-4H2,1H3;1-8H,(H,22,23)(H,24,25)(H,26,27);;/q-1;;-1;+2. The number of aromatic carboxylic acids is 3. The fraction of sp³-hybridized carbons (Fsp3) is 0.125. The van der Waals surface area contributed by atoms with E-state index >= 15 is 0 Å². The molecule has 0 aliphatic carbocycles. The molecule has 20 heteroatoms. The molecule has 0 bridgehead atoms. The summed E-state index contributed by atoms with van der Waals surface area (Å²) in [5.41, 5.74) is 0.777. The van der Waals surface area contributed by atoms with Crippen molar-refractivity contribution in [3.63, 3.8) is 0 Å². The Morgan fingerprint density at radius 3 is 1.77 bits per heavy atom. The van der Waals surface area contributed by atoms with Crippen molar-refractivity contribution in [3.05, 3.63) is 130 Å². The summed E-state index contributed by atoms with van der Waals surface area (Å²) in [5.74, 6) is -3.56. The molecular formula is C40H28F3N7O6RuS3. The smallest absolute Gasteiger partial charge is 0.753 e. The van der Waals surface area contributed by atoms with E-state index in [0.29, 0.717) is 5.69 Å².